The molecule has 37 heavy (non-hydrogen) atoms. The highest BCUT2D eigenvalue weighted by molar-refractivity contribution is 5.99. The number of aliphatic imine (C=N–C) groups is 1. The summed E-state index contributed by atoms with van der Waals surface area (Å²) in [6, 6.07) is 10.7. The molecule has 1 aliphatic heterocycles. The van der Waals surface area contributed by atoms with Crippen molar-refractivity contribution in [2.24, 2.45) is 10.9 Å². The Labute approximate surface area is 214 Å². The monoisotopic (exact) mass is 498 g/mol. The Bertz CT molecular complexity index is 1440. The van der Waals surface area contributed by atoms with Crippen LogP contribution in [0.5, 0.6) is 0 Å². The fraction of sp³-hybridized carbons (Fsp3) is 0.258. The molecule has 6 heteroatoms. The number of halogens is 3. The summed E-state index contributed by atoms with van der Waals surface area (Å²) >= 11 is 0. The number of aryl methyl sites for hydroxylation is 2. The molecule has 0 bridgehead atoms. The quantitative estimate of drug-likeness (QED) is 0.321. The number of hydrogen-bond acceptors (Lipinski definition) is 3. The summed E-state index contributed by atoms with van der Waals surface area (Å²) in [6.07, 6.45) is 8.06. The first-order valence-corrected chi connectivity index (χ1v) is 12.1. The van der Waals surface area contributed by atoms with Gasteiger partial charge in [-0.2, -0.15) is 18.4 Å². The second-order valence-corrected chi connectivity index (χ2v) is 9.18. The Morgan fingerprint density at radius 2 is 1.95 bits per heavy atom. The number of Topliss-reactive ketones (excluding diaryl/α,β-unsaturated/α-hetero) is 1. The summed E-state index contributed by atoms with van der Waals surface area (Å²) in [5, 5.41) is 8.94. The van der Waals surface area contributed by atoms with Gasteiger partial charge in [0.15, 0.2) is 5.78 Å². The molecule has 2 aromatic carbocycles. The van der Waals surface area contributed by atoms with E-state index in [0.29, 0.717) is 29.9 Å². The molecule has 0 N–H and O–H groups in total. The van der Waals surface area contributed by atoms with Crippen LogP contribution in [0.2, 0.25) is 0 Å². The molecule has 4 rings (SSSR count). The molecule has 1 unspecified atom stereocenters. The van der Waals surface area contributed by atoms with Crippen molar-refractivity contribution < 1.29 is 18.0 Å². The van der Waals surface area contributed by atoms with Crippen LogP contribution in [0.1, 0.15) is 63.9 Å². The van der Waals surface area contributed by atoms with Crippen LogP contribution < -0.4 is 0 Å². The second-order valence-electron chi connectivity index (χ2n) is 9.18. The minimum absolute atomic E-state index is 0.0871. The predicted molar refractivity (Wildman–Crippen MR) is 138 cm³/mol. The number of fused-ring (bicyclic) bond motifs is 1. The Morgan fingerprint density at radius 3 is 2.73 bits per heavy atom. The molecule has 0 spiro atoms. The zero-order chi connectivity index (χ0) is 26.4. The average molecular weight is 499 g/mol. The summed E-state index contributed by atoms with van der Waals surface area (Å²) in [5.41, 5.74) is 3.38. The first-order chi connectivity index (χ1) is 17.7. The Kier molecular flexibility index (Phi) is 7.89. The number of alkyl halides is 3. The molecule has 0 aromatic heterocycles. The lowest BCUT2D eigenvalue weighted by Crippen LogP contribution is -2.14. The number of nitrogens with zero attached hydrogens (tertiary/aromatic N) is 2. The maximum Gasteiger partial charge on any atom is 0.417 e. The summed E-state index contributed by atoms with van der Waals surface area (Å²) in [4.78, 5) is 17.4. The highest BCUT2D eigenvalue weighted by Crippen LogP contribution is 2.33. The average Bonchev–Trinajstić information content (AvgIpc) is 3.12. The van der Waals surface area contributed by atoms with E-state index in [2.05, 4.69) is 22.9 Å². The molecule has 0 saturated heterocycles. The van der Waals surface area contributed by atoms with Crippen molar-refractivity contribution in [1.29, 1.82) is 5.26 Å². The van der Waals surface area contributed by atoms with E-state index in [1.807, 2.05) is 37.4 Å². The molecule has 1 heterocycles. The van der Waals surface area contributed by atoms with Crippen molar-refractivity contribution in [3.63, 3.8) is 0 Å². The topological polar surface area (TPSA) is 53.2 Å². The molecule has 186 valence electrons. The summed E-state index contributed by atoms with van der Waals surface area (Å²) in [7, 11) is 0. The van der Waals surface area contributed by atoms with Gasteiger partial charge in [0.2, 0.25) is 0 Å². The van der Waals surface area contributed by atoms with Gasteiger partial charge in [0, 0.05) is 41.0 Å². The summed E-state index contributed by atoms with van der Waals surface area (Å²) < 4.78 is 39.6. The zero-order valence-electron chi connectivity index (χ0n) is 20.4. The smallest absolute Gasteiger partial charge is 0.294 e. The highest BCUT2D eigenvalue weighted by atomic mass is 19.4. The Morgan fingerprint density at radius 1 is 1.11 bits per heavy atom. The van der Waals surface area contributed by atoms with Crippen LogP contribution in [0.3, 0.4) is 0 Å². The molecule has 2 aromatic rings. The zero-order valence-corrected chi connectivity index (χ0v) is 20.4. The first-order valence-electron chi connectivity index (χ1n) is 12.1. The van der Waals surface area contributed by atoms with Gasteiger partial charge in [-0.15, -0.1) is 0 Å². The fourth-order valence-electron chi connectivity index (χ4n) is 4.38. The molecule has 0 saturated carbocycles. The van der Waals surface area contributed by atoms with Crippen LogP contribution in [0.15, 0.2) is 77.5 Å². The van der Waals surface area contributed by atoms with Crippen molar-refractivity contribution in [2.45, 2.75) is 45.2 Å². The molecule has 2 aliphatic rings. The summed E-state index contributed by atoms with van der Waals surface area (Å²) in [6.45, 7) is 1.94. The van der Waals surface area contributed by atoms with Gasteiger partial charge in [-0.3, -0.25) is 9.79 Å². The number of nitriles is 1. The van der Waals surface area contributed by atoms with E-state index in [9.17, 15) is 18.0 Å². The number of benzene rings is 2. The van der Waals surface area contributed by atoms with Crippen molar-refractivity contribution in [2.75, 3.05) is 0 Å². The number of ketones is 1. The van der Waals surface area contributed by atoms with E-state index in [1.54, 1.807) is 18.2 Å². The molecule has 0 fully saturated rings. The molecular formula is C31H25F3N2O. The SMILES string of the molecule is Cc1ccc(C(=O)CCCc2ccc(C#N)c(C(F)(F)F)c2)cc1C#CC1=CN=C2C=CC=CCC2C1. The van der Waals surface area contributed by atoms with Gasteiger partial charge in [-0.25, -0.2) is 0 Å². The predicted octanol–water partition coefficient (Wildman–Crippen LogP) is 7.30. The third-order valence-corrected chi connectivity index (χ3v) is 6.49. The minimum atomic E-state index is -4.59. The van der Waals surface area contributed by atoms with E-state index < -0.39 is 17.3 Å². The van der Waals surface area contributed by atoms with Gasteiger partial charge >= 0.3 is 6.18 Å². The van der Waals surface area contributed by atoms with E-state index in [1.165, 1.54) is 12.1 Å². The standard InChI is InChI=1S/C31H25F3N2O/c1-21-10-13-26(18-24(21)14-12-23-16-25-7-3-2-4-8-29(25)36-20-23)30(37)9-5-6-22-11-15-27(19-35)28(17-22)31(32,33)34/h2-4,8,10-11,13,15,17-18,20,25H,5-7,9,16H2,1H3. The van der Waals surface area contributed by atoms with Crippen LogP contribution in [-0.4, -0.2) is 11.5 Å². The summed E-state index contributed by atoms with van der Waals surface area (Å²) in [5.74, 6) is 6.65. The number of rotatable bonds is 5. The van der Waals surface area contributed by atoms with Crippen molar-refractivity contribution in [1.82, 2.24) is 0 Å². The van der Waals surface area contributed by atoms with Crippen LogP contribution in [0.4, 0.5) is 13.2 Å². The normalized spacial score (nSPS) is 16.5. The highest BCUT2D eigenvalue weighted by Gasteiger charge is 2.33. The molecule has 1 aliphatic carbocycles. The van der Waals surface area contributed by atoms with Gasteiger partial charge in [-0.1, -0.05) is 48.3 Å². The third-order valence-electron chi connectivity index (χ3n) is 6.49. The maximum absolute atomic E-state index is 13.2. The number of carbonyl (C=O) groups excluding carboxylic acids is 1. The van der Waals surface area contributed by atoms with Crippen LogP contribution >= 0.6 is 0 Å². The van der Waals surface area contributed by atoms with Crippen LogP contribution in [0, 0.1) is 36.0 Å². The van der Waals surface area contributed by atoms with Crippen LogP contribution in [0.25, 0.3) is 0 Å². The molecule has 1 atom stereocenters. The molecule has 0 radical (unpaired) electrons. The van der Waals surface area contributed by atoms with Gasteiger partial charge in [0.05, 0.1) is 17.2 Å². The number of hydrogen-bond donors (Lipinski definition) is 0. The van der Waals surface area contributed by atoms with Gasteiger partial charge < -0.3 is 0 Å². The first kappa shape index (κ1) is 25.9. The Balaban J connectivity index is 1.41. The molecule has 3 nitrogen and oxygen atoms in total. The molecular weight excluding hydrogens is 473 g/mol. The van der Waals surface area contributed by atoms with Gasteiger partial charge in [0.25, 0.3) is 0 Å². The van der Waals surface area contributed by atoms with Crippen molar-refractivity contribution in [3.05, 3.63) is 106 Å². The fourth-order valence-corrected chi connectivity index (χ4v) is 4.38. The second kappa shape index (κ2) is 11.3. The number of allylic oxidation sites excluding steroid dienone is 5. The lowest BCUT2D eigenvalue weighted by molar-refractivity contribution is -0.137. The Hall–Kier alpha value is -4.16. The van der Waals surface area contributed by atoms with E-state index in [4.69, 9.17) is 5.26 Å². The van der Waals surface area contributed by atoms with Gasteiger partial charge in [-0.05, 0) is 68.0 Å². The van der Waals surface area contributed by atoms with Gasteiger partial charge in [0.1, 0.15) is 0 Å². The molecule has 0 amide bonds. The third kappa shape index (κ3) is 6.54. The minimum Gasteiger partial charge on any atom is -0.294 e. The van der Waals surface area contributed by atoms with E-state index in [0.717, 1.165) is 41.3 Å². The van der Waals surface area contributed by atoms with E-state index >= 15 is 0 Å². The number of carbonyl (C=O) groups is 1. The maximum atomic E-state index is 13.2. The largest absolute Gasteiger partial charge is 0.417 e. The van der Waals surface area contributed by atoms with Crippen LogP contribution in [-0.2, 0) is 12.6 Å². The van der Waals surface area contributed by atoms with E-state index in [-0.39, 0.29) is 12.2 Å². The lowest BCUT2D eigenvalue weighted by Gasteiger charge is -2.17. The van der Waals surface area contributed by atoms with Crippen molar-refractivity contribution in [3.8, 4) is 17.9 Å². The van der Waals surface area contributed by atoms with Crippen molar-refractivity contribution >= 4 is 11.5 Å². The lowest BCUT2D eigenvalue weighted by atomic mass is 9.90.